The lowest BCUT2D eigenvalue weighted by atomic mass is 9.92. The molecule has 1 aromatic carbocycles. The van der Waals surface area contributed by atoms with E-state index < -0.39 is 5.92 Å². The highest BCUT2D eigenvalue weighted by molar-refractivity contribution is 6.30. The van der Waals surface area contributed by atoms with Gasteiger partial charge in [-0.1, -0.05) is 43.1 Å². The molecule has 136 valence electrons. The summed E-state index contributed by atoms with van der Waals surface area (Å²) in [5, 5.41) is 3.46. The van der Waals surface area contributed by atoms with E-state index >= 15 is 0 Å². The van der Waals surface area contributed by atoms with Crippen LogP contribution in [0.2, 0.25) is 5.02 Å². The van der Waals surface area contributed by atoms with Crippen molar-refractivity contribution in [2.75, 3.05) is 6.54 Å². The van der Waals surface area contributed by atoms with E-state index in [0.717, 1.165) is 18.5 Å². The quantitative estimate of drug-likeness (QED) is 0.617. The first kappa shape index (κ1) is 18.4. The summed E-state index contributed by atoms with van der Waals surface area (Å²) in [4.78, 5) is 16.8. The Balaban J connectivity index is 1.98. The van der Waals surface area contributed by atoms with E-state index in [4.69, 9.17) is 11.6 Å². The van der Waals surface area contributed by atoms with Crippen molar-refractivity contribution in [2.24, 2.45) is 0 Å². The number of imidazole rings is 1. The Morgan fingerprint density at radius 2 is 2.12 bits per heavy atom. The number of rotatable bonds is 7. The van der Waals surface area contributed by atoms with Crippen molar-refractivity contribution in [3.8, 4) is 0 Å². The van der Waals surface area contributed by atoms with Gasteiger partial charge < -0.3 is 9.72 Å². The summed E-state index contributed by atoms with van der Waals surface area (Å²) in [5.41, 5.74) is 1.91. The SMILES string of the molecule is CCCCNC(=O)CC(c1ccccc1F)c1cnc2ccc(Cl)cn12. The Morgan fingerprint density at radius 1 is 1.31 bits per heavy atom. The van der Waals surface area contributed by atoms with Crippen molar-refractivity contribution in [3.05, 3.63) is 70.9 Å². The van der Waals surface area contributed by atoms with Gasteiger partial charge in [0.25, 0.3) is 0 Å². The van der Waals surface area contributed by atoms with Crippen molar-refractivity contribution in [1.29, 1.82) is 0 Å². The molecular weight excluding hydrogens is 353 g/mol. The number of carbonyl (C=O) groups excluding carboxylic acids is 1. The number of halogens is 2. The minimum Gasteiger partial charge on any atom is -0.356 e. The molecule has 1 unspecified atom stereocenters. The van der Waals surface area contributed by atoms with Crippen molar-refractivity contribution >= 4 is 23.2 Å². The molecule has 3 rings (SSSR count). The van der Waals surface area contributed by atoms with E-state index in [2.05, 4.69) is 17.2 Å². The van der Waals surface area contributed by atoms with E-state index in [1.807, 2.05) is 4.40 Å². The summed E-state index contributed by atoms with van der Waals surface area (Å²) in [5.74, 6) is -0.897. The fourth-order valence-electron chi connectivity index (χ4n) is 3.03. The second kappa shape index (κ2) is 8.32. The Labute approximate surface area is 157 Å². The molecule has 4 nitrogen and oxygen atoms in total. The molecule has 0 saturated carbocycles. The topological polar surface area (TPSA) is 46.4 Å². The highest BCUT2D eigenvalue weighted by Gasteiger charge is 2.24. The second-order valence-corrected chi connectivity index (χ2v) is 6.68. The molecule has 0 bridgehead atoms. The van der Waals surface area contributed by atoms with Gasteiger partial charge in [-0.2, -0.15) is 0 Å². The predicted molar refractivity (Wildman–Crippen MR) is 101 cm³/mol. The molecule has 1 N–H and O–H groups in total. The molecule has 0 aliphatic heterocycles. The summed E-state index contributed by atoms with van der Waals surface area (Å²) < 4.78 is 16.3. The van der Waals surface area contributed by atoms with Crippen LogP contribution in [0.5, 0.6) is 0 Å². The van der Waals surface area contributed by atoms with Gasteiger partial charge in [0.05, 0.1) is 10.7 Å². The number of nitrogens with one attached hydrogen (secondary N) is 1. The smallest absolute Gasteiger partial charge is 0.221 e. The number of benzene rings is 1. The number of fused-ring (bicyclic) bond motifs is 1. The highest BCUT2D eigenvalue weighted by Crippen LogP contribution is 2.31. The Hall–Kier alpha value is -2.40. The molecule has 0 fully saturated rings. The van der Waals surface area contributed by atoms with E-state index in [0.29, 0.717) is 22.8 Å². The maximum atomic E-state index is 14.5. The summed E-state index contributed by atoms with van der Waals surface area (Å²) in [6.07, 6.45) is 5.49. The third-order valence-corrected chi connectivity index (χ3v) is 4.60. The van der Waals surface area contributed by atoms with Crippen LogP contribution in [0.15, 0.2) is 48.8 Å². The van der Waals surface area contributed by atoms with Gasteiger partial charge in [0.2, 0.25) is 5.91 Å². The maximum absolute atomic E-state index is 14.5. The van der Waals surface area contributed by atoms with Gasteiger partial charge in [-0.3, -0.25) is 4.79 Å². The molecule has 2 heterocycles. The standard InChI is InChI=1S/C20H21ClFN3O/c1-2-3-10-23-20(26)11-16(15-6-4-5-7-17(15)22)18-12-24-19-9-8-14(21)13-25(18)19/h4-9,12-13,16H,2-3,10-11H2,1H3,(H,23,26). The van der Waals surface area contributed by atoms with E-state index in [9.17, 15) is 9.18 Å². The van der Waals surface area contributed by atoms with Gasteiger partial charge >= 0.3 is 0 Å². The van der Waals surface area contributed by atoms with Gasteiger partial charge in [-0.05, 0) is 30.2 Å². The lowest BCUT2D eigenvalue weighted by Gasteiger charge is -2.18. The molecule has 0 saturated heterocycles. The number of hydrogen-bond donors (Lipinski definition) is 1. The first-order chi connectivity index (χ1) is 12.6. The largest absolute Gasteiger partial charge is 0.356 e. The molecule has 0 aliphatic rings. The summed E-state index contributed by atoms with van der Waals surface area (Å²) >= 11 is 6.12. The number of carbonyl (C=O) groups is 1. The van der Waals surface area contributed by atoms with Crippen molar-refractivity contribution in [1.82, 2.24) is 14.7 Å². The van der Waals surface area contributed by atoms with Crippen LogP contribution in [0.4, 0.5) is 4.39 Å². The molecule has 26 heavy (non-hydrogen) atoms. The molecule has 3 aromatic rings. The Bertz CT molecular complexity index is 909. The second-order valence-electron chi connectivity index (χ2n) is 6.24. The van der Waals surface area contributed by atoms with Crippen molar-refractivity contribution < 1.29 is 9.18 Å². The third-order valence-electron chi connectivity index (χ3n) is 4.38. The van der Waals surface area contributed by atoms with Gasteiger partial charge in [0.1, 0.15) is 11.5 Å². The summed E-state index contributed by atoms with van der Waals surface area (Å²) in [6.45, 7) is 2.69. The van der Waals surface area contributed by atoms with E-state index in [-0.39, 0.29) is 18.1 Å². The van der Waals surface area contributed by atoms with Crippen molar-refractivity contribution in [3.63, 3.8) is 0 Å². The number of amides is 1. The van der Waals surface area contributed by atoms with Crippen LogP contribution < -0.4 is 5.32 Å². The van der Waals surface area contributed by atoms with E-state index in [1.54, 1.807) is 42.7 Å². The molecule has 0 radical (unpaired) electrons. The first-order valence-corrected chi connectivity index (χ1v) is 9.11. The average molecular weight is 374 g/mol. The monoisotopic (exact) mass is 373 g/mol. The highest BCUT2D eigenvalue weighted by atomic mass is 35.5. The fourth-order valence-corrected chi connectivity index (χ4v) is 3.19. The minimum absolute atomic E-state index is 0.108. The zero-order valence-electron chi connectivity index (χ0n) is 14.6. The third kappa shape index (κ3) is 4.05. The average Bonchev–Trinajstić information content (AvgIpc) is 3.03. The molecule has 0 aliphatic carbocycles. The zero-order chi connectivity index (χ0) is 18.5. The van der Waals surface area contributed by atoms with Crippen molar-refractivity contribution in [2.45, 2.75) is 32.1 Å². The first-order valence-electron chi connectivity index (χ1n) is 8.73. The molecule has 1 atom stereocenters. The van der Waals surface area contributed by atoms with Crippen LogP contribution in [0, 0.1) is 5.82 Å². The lowest BCUT2D eigenvalue weighted by Crippen LogP contribution is -2.26. The molecule has 2 aromatic heterocycles. The van der Waals surface area contributed by atoms with Crippen LogP contribution in [0.1, 0.15) is 43.4 Å². The van der Waals surface area contributed by atoms with E-state index in [1.165, 1.54) is 6.07 Å². The predicted octanol–water partition coefficient (Wildman–Crippen LogP) is 4.57. The Kier molecular flexibility index (Phi) is 5.89. The number of aromatic nitrogens is 2. The number of hydrogen-bond acceptors (Lipinski definition) is 2. The number of pyridine rings is 1. The molecule has 1 amide bonds. The lowest BCUT2D eigenvalue weighted by molar-refractivity contribution is -0.121. The molecular formula is C20H21ClFN3O. The minimum atomic E-state index is -0.453. The van der Waals surface area contributed by atoms with Gasteiger partial charge in [-0.25, -0.2) is 9.37 Å². The van der Waals surface area contributed by atoms with Crippen LogP contribution >= 0.6 is 11.6 Å². The molecule has 0 spiro atoms. The van der Waals surface area contributed by atoms with Gasteiger partial charge in [0, 0.05) is 31.3 Å². The van der Waals surface area contributed by atoms with Crippen LogP contribution in [-0.2, 0) is 4.79 Å². The zero-order valence-corrected chi connectivity index (χ0v) is 15.3. The number of nitrogens with zero attached hydrogens (tertiary/aromatic N) is 2. The summed E-state index contributed by atoms with van der Waals surface area (Å²) in [6, 6.07) is 10.1. The normalized spacial score (nSPS) is 12.3. The van der Waals surface area contributed by atoms with Crippen LogP contribution in [-0.4, -0.2) is 21.8 Å². The van der Waals surface area contributed by atoms with Crippen LogP contribution in [0.3, 0.4) is 0 Å². The van der Waals surface area contributed by atoms with Crippen LogP contribution in [0.25, 0.3) is 5.65 Å². The van der Waals surface area contributed by atoms with Gasteiger partial charge in [0.15, 0.2) is 0 Å². The fraction of sp³-hybridized carbons (Fsp3) is 0.300. The number of unbranched alkanes of at least 4 members (excludes halogenated alkanes) is 1. The Morgan fingerprint density at radius 3 is 2.88 bits per heavy atom. The molecule has 6 heteroatoms. The van der Waals surface area contributed by atoms with Gasteiger partial charge in [-0.15, -0.1) is 0 Å². The maximum Gasteiger partial charge on any atom is 0.221 e. The summed E-state index contributed by atoms with van der Waals surface area (Å²) in [7, 11) is 0.